The molecule has 0 aliphatic heterocycles. The van der Waals surface area contributed by atoms with Crippen LogP contribution in [0.5, 0.6) is 0 Å². The fourth-order valence-electron chi connectivity index (χ4n) is 1.56. The van der Waals surface area contributed by atoms with E-state index in [-0.39, 0.29) is 5.41 Å². The highest BCUT2D eigenvalue weighted by atomic mass is 16.5. The minimum atomic E-state index is 0.195. The smallest absolute Gasteiger partial charge is 0.232 e. The first-order valence-corrected chi connectivity index (χ1v) is 4.58. The minimum absolute atomic E-state index is 0.195. The van der Waals surface area contributed by atoms with Crippen molar-refractivity contribution in [2.24, 2.45) is 0 Å². The maximum atomic E-state index is 5.20. The summed E-state index contributed by atoms with van der Waals surface area (Å²) in [6.45, 7) is 4.24. The quantitative estimate of drug-likeness (QED) is 0.675. The predicted molar refractivity (Wildman–Crippen MR) is 44.9 cm³/mol. The summed E-state index contributed by atoms with van der Waals surface area (Å²) >= 11 is 0. The lowest BCUT2D eigenvalue weighted by atomic mass is 9.70. The molecule has 3 nitrogen and oxygen atoms in total. The van der Waals surface area contributed by atoms with Crippen LogP contribution in [0.15, 0.2) is 4.52 Å². The lowest BCUT2D eigenvalue weighted by Gasteiger charge is -2.34. The topological polar surface area (TPSA) is 38.9 Å². The molecule has 1 aromatic rings. The highest BCUT2D eigenvalue weighted by Crippen LogP contribution is 2.42. The van der Waals surface area contributed by atoms with Crippen molar-refractivity contribution in [2.45, 2.75) is 44.9 Å². The van der Waals surface area contributed by atoms with Gasteiger partial charge in [-0.2, -0.15) is 4.98 Å². The molecule has 0 saturated heterocycles. The molecular weight excluding hydrogens is 152 g/mol. The van der Waals surface area contributed by atoms with Crippen LogP contribution in [-0.4, -0.2) is 10.1 Å². The SMILES string of the molecule is CCc1noc(C2(C)CCC2)n1. The molecular formula is C9H14N2O. The van der Waals surface area contributed by atoms with E-state index in [9.17, 15) is 0 Å². The van der Waals surface area contributed by atoms with Gasteiger partial charge in [-0.05, 0) is 12.8 Å². The van der Waals surface area contributed by atoms with Crippen LogP contribution in [0, 0.1) is 0 Å². The standard InChI is InChI=1S/C9H14N2O/c1-3-7-10-8(12-11-7)9(2)5-4-6-9/h3-6H2,1-2H3. The zero-order valence-electron chi connectivity index (χ0n) is 7.63. The summed E-state index contributed by atoms with van der Waals surface area (Å²) in [6, 6.07) is 0. The Balaban J connectivity index is 2.22. The second-order valence-corrected chi connectivity index (χ2v) is 3.78. The Morgan fingerprint density at radius 3 is 2.67 bits per heavy atom. The molecule has 0 radical (unpaired) electrons. The lowest BCUT2D eigenvalue weighted by molar-refractivity contribution is 0.194. The summed E-state index contributed by atoms with van der Waals surface area (Å²) in [4.78, 5) is 4.34. The van der Waals surface area contributed by atoms with Crippen molar-refractivity contribution in [1.29, 1.82) is 0 Å². The summed E-state index contributed by atoms with van der Waals surface area (Å²) < 4.78 is 5.20. The van der Waals surface area contributed by atoms with Gasteiger partial charge in [-0.25, -0.2) is 0 Å². The molecule has 2 rings (SSSR count). The maximum Gasteiger partial charge on any atom is 0.232 e. The molecule has 3 heteroatoms. The zero-order valence-corrected chi connectivity index (χ0v) is 7.63. The van der Waals surface area contributed by atoms with Crippen LogP contribution in [0.2, 0.25) is 0 Å². The molecule has 1 saturated carbocycles. The second-order valence-electron chi connectivity index (χ2n) is 3.78. The Bertz CT molecular complexity index is 276. The van der Waals surface area contributed by atoms with E-state index in [2.05, 4.69) is 17.1 Å². The van der Waals surface area contributed by atoms with Crippen molar-refractivity contribution in [3.05, 3.63) is 11.7 Å². The average molecular weight is 166 g/mol. The third kappa shape index (κ3) is 1.04. The molecule has 0 N–H and O–H groups in total. The molecule has 0 amide bonds. The number of nitrogens with zero attached hydrogens (tertiary/aromatic N) is 2. The third-order valence-corrected chi connectivity index (χ3v) is 2.76. The van der Waals surface area contributed by atoms with Gasteiger partial charge >= 0.3 is 0 Å². The Morgan fingerprint density at radius 1 is 1.50 bits per heavy atom. The van der Waals surface area contributed by atoms with Gasteiger partial charge in [0.05, 0.1) is 0 Å². The van der Waals surface area contributed by atoms with E-state index in [0.717, 1.165) is 18.1 Å². The van der Waals surface area contributed by atoms with Gasteiger partial charge in [0.2, 0.25) is 5.89 Å². The largest absolute Gasteiger partial charge is 0.339 e. The molecule has 0 unspecified atom stereocenters. The van der Waals surface area contributed by atoms with E-state index in [4.69, 9.17) is 4.52 Å². The number of hydrogen-bond donors (Lipinski definition) is 0. The number of rotatable bonds is 2. The summed E-state index contributed by atoms with van der Waals surface area (Å²) in [6.07, 6.45) is 4.54. The first-order valence-electron chi connectivity index (χ1n) is 4.58. The van der Waals surface area contributed by atoms with Crippen molar-refractivity contribution in [3.8, 4) is 0 Å². The summed E-state index contributed by atoms with van der Waals surface area (Å²) in [5, 5.41) is 3.90. The van der Waals surface area contributed by atoms with Crippen LogP contribution < -0.4 is 0 Å². The summed E-state index contributed by atoms with van der Waals surface area (Å²) in [5.41, 5.74) is 0.195. The van der Waals surface area contributed by atoms with E-state index in [0.29, 0.717) is 0 Å². The second kappa shape index (κ2) is 2.57. The fraction of sp³-hybridized carbons (Fsp3) is 0.778. The molecule has 0 bridgehead atoms. The summed E-state index contributed by atoms with van der Waals surface area (Å²) in [7, 11) is 0. The summed E-state index contributed by atoms with van der Waals surface area (Å²) in [5.74, 6) is 1.67. The predicted octanol–water partition coefficient (Wildman–Crippen LogP) is 2.07. The average Bonchev–Trinajstić information content (AvgIpc) is 2.48. The lowest BCUT2D eigenvalue weighted by Crippen LogP contribution is -2.30. The molecule has 1 fully saturated rings. The molecule has 0 aromatic carbocycles. The van der Waals surface area contributed by atoms with Crippen molar-refractivity contribution in [1.82, 2.24) is 10.1 Å². The van der Waals surface area contributed by atoms with Gasteiger partial charge in [-0.3, -0.25) is 0 Å². The number of hydrogen-bond acceptors (Lipinski definition) is 3. The van der Waals surface area contributed by atoms with Crippen molar-refractivity contribution >= 4 is 0 Å². The molecule has 0 spiro atoms. The zero-order chi connectivity index (χ0) is 8.60. The van der Waals surface area contributed by atoms with Crippen LogP contribution in [0.25, 0.3) is 0 Å². The first kappa shape index (κ1) is 7.77. The van der Waals surface area contributed by atoms with Crippen LogP contribution in [-0.2, 0) is 11.8 Å². The van der Waals surface area contributed by atoms with Crippen LogP contribution >= 0.6 is 0 Å². The molecule has 1 aliphatic carbocycles. The van der Waals surface area contributed by atoms with E-state index in [1.807, 2.05) is 6.92 Å². The normalized spacial score (nSPS) is 20.5. The fourth-order valence-corrected chi connectivity index (χ4v) is 1.56. The third-order valence-electron chi connectivity index (χ3n) is 2.76. The number of aromatic nitrogens is 2. The molecule has 0 atom stereocenters. The Kier molecular flexibility index (Phi) is 1.67. The number of aryl methyl sites for hydroxylation is 1. The highest BCUT2D eigenvalue weighted by molar-refractivity contribution is 5.07. The minimum Gasteiger partial charge on any atom is -0.339 e. The van der Waals surface area contributed by atoms with Crippen molar-refractivity contribution in [2.75, 3.05) is 0 Å². The van der Waals surface area contributed by atoms with E-state index >= 15 is 0 Å². The van der Waals surface area contributed by atoms with E-state index < -0.39 is 0 Å². The molecule has 1 aliphatic rings. The highest BCUT2D eigenvalue weighted by Gasteiger charge is 2.38. The van der Waals surface area contributed by atoms with Crippen LogP contribution in [0.4, 0.5) is 0 Å². The van der Waals surface area contributed by atoms with Gasteiger partial charge in [0, 0.05) is 11.8 Å². The Morgan fingerprint density at radius 2 is 2.25 bits per heavy atom. The van der Waals surface area contributed by atoms with Crippen LogP contribution in [0.3, 0.4) is 0 Å². The van der Waals surface area contributed by atoms with Gasteiger partial charge in [-0.15, -0.1) is 0 Å². The molecule has 12 heavy (non-hydrogen) atoms. The Labute approximate surface area is 72.2 Å². The van der Waals surface area contributed by atoms with E-state index in [1.165, 1.54) is 19.3 Å². The molecule has 1 aromatic heterocycles. The van der Waals surface area contributed by atoms with Gasteiger partial charge in [0.1, 0.15) is 0 Å². The molecule has 66 valence electrons. The van der Waals surface area contributed by atoms with Crippen molar-refractivity contribution in [3.63, 3.8) is 0 Å². The van der Waals surface area contributed by atoms with Crippen LogP contribution in [0.1, 0.15) is 44.8 Å². The van der Waals surface area contributed by atoms with Gasteiger partial charge in [0.15, 0.2) is 5.82 Å². The van der Waals surface area contributed by atoms with Crippen molar-refractivity contribution < 1.29 is 4.52 Å². The Hall–Kier alpha value is -0.860. The van der Waals surface area contributed by atoms with E-state index in [1.54, 1.807) is 0 Å². The first-order chi connectivity index (χ1) is 5.74. The monoisotopic (exact) mass is 166 g/mol. The molecule has 1 heterocycles. The maximum absolute atomic E-state index is 5.20. The van der Waals surface area contributed by atoms with Gasteiger partial charge < -0.3 is 4.52 Å². The van der Waals surface area contributed by atoms with Gasteiger partial charge in [0.25, 0.3) is 0 Å². The van der Waals surface area contributed by atoms with Gasteiger partial charge in [-0.1, -0.05) is 25.4 Å².